The highest BCUT2D eigenvalue weighted by Gasteiger charge is 2.64. The second kappa shape index (κ2) is 3.98. The molecule has 3 aromatic carbocycles. The molecule has 1 fully saturated rings. The van der Waals surface area contributed by atoms with E-state index >= 15 is 0 Å². The van der Waals surface area contributed by atoms with E-state index in [0.29, 0.717) is 5.92 Å². The van der Waals surface area contributed by atoms with Gasteiger partial charge >= 0.3 is 0 Å². The first-order valence-electron chi connectivity index (χ1n) is 7.69. The molecule has 3 aromatic rings. The summed E-state index contributed by atoms with van der Waals surface area (Å²) in [6, 6.07) is 23.0. The molecule has 1 N–H and O–H groups in total. The highest BCUT2D eigenvalue weighted by molar-refractivity contribution is 6.09. The molecule has 1 spiro atoms. The molecule has 2 nitrogen and oxygen atoms in total. The Hall–Kier alpha value is -2.61. The molecule has 5 rings (SSSR count). The molecule has 1 saturated carbocycles. The number of carbonyl (C=O) groups excluding carboxylic acids is 1. The summed E-state index contributed by atoms with van der Waals surface area (Å²) in [6.07, 6.45) is 0.911. The molecule has 1 amide bonds. The van der Waals surface area contributed by atoms with Crippen LogP contribution in [0.5, 0.6) is 0 Å². The summed E-state index contributed by atoms with van der Waals surface area (Å²) in [5, 5.41) is 5.54. The predicted molar refractivity (Wildman–Crippen MR) is 88.1 cm³/mol. The average molecular weight is 285 g/mol. The molecule has 2 atom stereocenters. The van der Waals surface area contributed by atoms with Crippen molar-refractivity contribution in [2.24, 2.45) is 0 Å². The van der Waals surface area contributed by atoms with Crippen LogP contribution in [0.4, 0.5) is 5.69 Å². The first-order chi connectivity index (χ1) is 10.8. The summed E-state index contributed by atoms with van der Waals surface area (Å²) in [5.74, 6) is 0.451. The Morgan fingerprint density at radius 2 is 1.68 bits per heavy atom. The second-order valence-corrected chi connectivity index (χ2v) is 6.33. The van der Waals surface area contributed by atoms with Gasteiger partial charge in [-0.25, -0.2) is 0 Å². The van der Waals surface area contributed by atoms with Crippen molar-refractivity contribution in [2.75, 3.05) is 5.32 Å². The van der Waals surface area contributed by atoms with E-state index in [1.54, 1.807) is 0 Å². The van der Waals surface area contributed by atoms with Crippen LogP contribution in [0.3, 0.4) is 0 Å². The standard InChI is InChI=1S/C20H15NO/c22-19-20(16-7-3-4-8-18(16)21-19)12-17(20)15-10-9-13-5-1-2-6-14(13)11-15/h1-11,17H,12H2,(H,21,22)/t17-,20-/m1/s1. The van der Waals surface area contributed by atoms with E-state index in [1.807, 2.05) is 18.2 Å². The maximum Gasteiger partial charge on any atom is 0.235 e. The SMILES string of the molecule is O=C1Nc2ccccc2[C@@]12C[C@@H]2c1ccc2ccccc2c1. The minimum Gasteiger partial charge on any atom is -0.325 e. The third-order valence-electron chi connectivity index (χ3n) is 5.20. The zero-order chi connectivity index (χ0) is 14.7. The van der Waals surface area contributed by atoms with Gasteiger partial charge in [-0.1, -0.05) is 60.7 Å². The lowest BCUT2D eigenvalue weighted by atomic mass is 9.91. The molecule has 2 aliphatic rings. The van der Waals surface area contributed by atoms with Gasteiger partial charge in [0.05, 0.1) is 5.41 Å². The van der Waals surface area contributed by atoms with Crippen molar-refractivity contribution >= 4 is 22.4 Å². The molecule has 1 heterocycles. The molecule has 0 aromatic heterocycles. The lowest BCUT2D eigenvalue weighted by Crippen LogP contribution is -2.20. The molecule has 22 heavy (non-hydrogen) atoms. The van der Waals surface area contributed by atoms with E-state index < -0.39 is 0 Å². The number of benzene rings is 3. The molecular formula is C20H15NO. The van der Waals surface area contributed by atoms with Crippen molar-refractivity contribution in [3.05, 3.63) is 77.9 Å². The van der Waals surface area contributed by atoms with Crippen LogP contribution in [0.2, 0.25) is 0 Å². The zero-order valence-electron chi connectivity index (χ0n) is 12.0. The minimum absolute atomic E-state index is 0.159. The van der Waals surface area contributed by atoms with Crippen LogP contribution in [0.15, 0.2) is 66.7 Å². The van der Waals surface area contributed by atoms with Crippen molar-refractivity contribution in [1.29, 1.82) is 0 Å². The van der Waals surface area contributed by atoms with Gasteiger partial charge in [0, 0.05) is 11.6 Å². The molecular weight excluding hydrogens is 270 g/mol. The third kappa shape index (κ3) is 1.42. The first-order valence-corrected chi connectivity index (χ1v) is 7.69. The fraction of sp³-hybridized carbons (Fsp3) is 0.150. The zero-order valence-corrected chi connectivity index (χ0v) is 12.0. The number of amides is 1. The van der Waals surface area contributed by atoms with Gasteiger partial charge in [0.15, 0.2) is 0 Å². The van der Waals surface area contributed by atoms with Crippen LogP contribution in [-0.2, 0) is 10.2 Å². The van der Waals surface area contributed by atoms with E-state index in [0.717, 1.165) is 17.7 Å². The third-order valence-corrected chi connectivity index (χ3v) is 5.20. The highest BCUT2D eigenvalue weighted by Crippen LogP contribution is 2.64. The predicted octanol–water partition coefficient (Wildman–Crippen LogP) is 4.22. The molecule has 1 aliphatic carbocycles. The summed E-state index contributed by atoms with van der Waals surface area (Å²) in [7, 11) is 0. The molecule has 0 bridgehead atoms. The van der Waals surface area contributed by atoms with Crippen molar-refractivity contribution in [2.45, 2.75) is 17.8 Å². The van der Waals surface area contributed by atoms with Crippen molar-refractivity contribution < 1.29 is 4.79 Å². The fourth-order valence-electron chi connectivity index (χ4n) is 3.98. The van der Waals surface area contributed by atoms with Crippen LogP contribution in [0.25, 0.3) is 10.8 Å². The quantitative estimate of drug-likeness (QED) is 0.712. The highest BCUT2D eigenvalue weighted by atomic mass is 16.2. The van der Waals surface area contributed by atoms with Gasteiger partial charge in [-0.2, -0.15) is 0 Å². The van der Waals surface area contributed by atoms with Crippen LogP contribution in [-0.4, -0.2) is 5.91 Å². The van der Waals surface area contributed by atoms with Gasteiger partial charge in [-0.3, -0.25) is 4.79 Å². The Labute approximate surface area is 128 Å². The van der Waals surface area contributed by atoms with Crippen molar-refractivity contribution in [3.63, 3.8) is 0 Å². The Balaban J connectivity index is 1.62. The van der Waals surface area contributed by atoms with Crippen LogP contribution >= 0.6 is 0 Å². The van der Waals surface area contributed by atoms with E-state index in [9.17, 15) is 4.79 Å². The molecule has 0 saturated heterocycles. The molecule has 2 heteroatoms. The number of carbonyl (C=O) groups is 1. The summed E-state index contributed by atoms with van der Waals surface area (Å²) in [6.45, 7) is 0. The van der Waals surface area contributed by atoms with Gasteiger partial charge in [-0.05, 0) is 34.4 Å². The summed E-state index contributed by atoms with van der Waals surface area (Å²) in [5.41, 5.74) is 3.08. The Morgan fingerprint density at radius 3 is 2.59 bits per heavy atom. The topological polar surface area (TPSA) is 29.1 Å². The lowest BCUT2D eigenvalue weighted by molar-refractivity contribution is -0.118. The molecule has 0 unspecified atom stereocenters. The lowest BCUT2D eigenvalue weighted by Gasteiger charge is -2.09. The number of hydrogen-bond acceptors (Lipinski definition) is 1. The average Bonchev–Trinajstić information content (AvgIpc) is 3.25. The Bertz CT molecular complexity index is 930. The van der Waals surface area contributed by atoms with E-state index in [1.165, 1.54) is 16.3 Å². The summed E-state index contributed by atoms with van der Waals surface area (Å²) >= 11 is 0. The molecule has 1 aliphatic heterocycles. The van der Waals surface area contributed by atoms with Crippen molar-refractivity contribution in [1.82, 2.24) is 0 Å². The van der Waals surface area contributed by atoms with E-state index in [2.05, 4.69) is 53.8 Å². The maximum absolute atomic E-state index is 12.6. The normalized spacial score (nSPS) is 25.3. The number of rotatable bonds is 1. The van der Waals surface area contributed by atoms with Crippen LogP contribution in [0.1, 0.15) is 23.5 Å². The van der Waals surface area contributed by atoms with Crippen LogP contribution < -0.4 is 5.32 Å². The number of nitrogens with one attached hydrogen (secondary N) is 1. The molecule has 0 radical (unpaired) electrons. The number of hydrogen-bond donors (Lipinski definition) is 1. The summed E-state index contributed by atoms with van der Waals surface area (Å²) < 4.78 is 0. The first kappa shape index (κ1) is 12.0. The minimum atomic E-state index is -0.334. The van der Waals surface area contributed by atoms with Crippen LogP contribution in [0, 0.1) is 0 Å². The monoisotopic (exact) mass is 285 g/mol. The smallest absolute Gasteiger partial charge is 0.235 e. The Kier molecular flexibility index (Phi) is 2.17. The number of anilines is 1. The largest absolute Gasteiger partial charge is 0.325 e. The fourth-order valence-corrected chi connectivity index (χ4v) is 3.98. The van der Waals surface area contributed by atoms with Gasteiger partial charge in [0.1, 0.15) is 0 Å². The molecule has 106 valence electrons. The van der Waals surface area contributed by atoms with Gasteiger partial charge in [-0.15, -0.1) is 0 Å². The second-order valence-electron chi connectivity index (χ2n) is 6.33. The van der Waals surface area contributed by atoms with Gasteiger partial charge < -0.3 is 5.32 Å². The number of fused-ring (bicyclic) bond motifs is 3. The van der Waals surface area contributed by atoms with Gasteiger partial charge in [0.2, 0.25) is 5.91 Å². The van der Waals surface area contributed by atoms with E-state index in [4.69, 9.17) is 0 Å². The van der Waals surface area contributed by atoms with Crippen molar-refractivity contribution in [3.8, 4) is 0 Å². The summed E-state index contributed by atoms with van der Waals surface area (Å²) in [4.78, 5) is 12.6. The maximum atomic E-state index is 12.6. The Morgan fingerprint density at radius 1 is 0.909 bits per heavy atom. The van der Waals surface area contributed by atoms with E-state index in [-0.39, 0.29) is 11.3 Å². The van der Waals surface area contributed by atoms with Gasteiger partial charge in [0.25, 0.3) is 0 Å². The number of para-hydroxylation sites is 1.